The number of rotatable bonds is 5. The van der Waals surface area contributed by atoms with Gasteiger partial charge < -0.3 is 15.2 Å². The van der Waals surface area contributed by atoms with Gasteiger partial charge in [0.05, 0.1) is 5.56 Å². The molecule has 4 aromatic carbocycles. The molecule has 0 atom stereocenters. The molecule has 0 radical (unpaired) electrons. The number of nitrogens with zero attached hydrogens (tertiary/aromatic N) is 1. The van der Waals surface area contributed by atoms with Gasteiger partial charge in [-0.15, -0.1) is 0 Å². The summed E-state index contributed by atoms with van der Waals surface area (Å²) in [6.45, 7) is -0.0473. The Morgan fingerprint density at radius 1 is 0.647 bits per heavy atom. The molecule has 0 bridgehead atoms. The van der Waals surface area contributed by atoms with Gasteiger partial charge in [-0.05, 0) is 36.4 Å². The van der Waals surface area contributed by atoms with Crippen LogP contribution < -0.4 is 15.2 Å². The minimum Gasteiger partial charge on any atom is -0.454 e. The second-order valence-corrected chi connectivity index (χ2v) is 6.78. The van der Waals surface area contributed by atoms with Crippen LogP contribution in [0.25, 0.3) is 0 Å². The molecule has 0 unspecified atom stereocenters. The van der Waals surface area contributed by atoms with E-state index >= 15 is 0 Å². The molecule has 0 amide bonds. The normalized spacial score (nSPS) is 10.0. The Bertz CT molecular complexity index is 1290. The molecule has 4 nitrogen and oxygen atoms in total. The smallest absolute Gasteiger partial charge is 0.167 e. The summed E-state index contributed by atoms with van der Waals surface area (Å²) < 4.78 is 64.1. The highest BCUT2D eigenvalue weighted by atomic mass is 19.1. The Balaban J connectivity index is 0.000000191. The fourth-order valence-electron chi connectivity index (χ4n) is 2.73. The second-order valence-electron chi connectivity index (χ2n) is 6.78. The molecule has 34 heavy (non-hydrogen) atoms. The molecule has 0 spiro atoms. The number of halogens is 4. The van der Waals surface area contributed by atoms with Gasteiger partial charge >= 0.3 is 0 Å². The van der Waals surface area contributed by atoms with Crippen molar-refractivity contribution in [3.63, 3.8) is 0 Å². The summed E-state index contributed by atoms with van der Waals surface area (Å²) in [4.78, 5) is 0. The molecule has 0 fully saturated rings. The summed E-state index contributed by atoms with van der Waals surface area (Å²) in [5.74, 6) is -2.32. The van der Waals surface area contributed by atoms with E-state index in [0.29, 0.717) is 11.5 Å². The predicted octanol–water partition coefficient (Wildman–Crippen LogP) is 6.84. The van der Waals surface area contributed by atoms with Crippen LogP contribution in [0.2, 0.25) is 0 Å². The Morgan fingerprint density at radius 3 is 1.59 bits per heavy atom. The maximum atomic E-state index is 13.6. The van der Waals surface area contributed by atoms with Crippen molar-refractivity contribution in [1.82, 2.24) is 0 Å². The Kier molecular flexibility index (Phi) is 8.21. The lowest BCUT2D eigenvalue weighted by Crippen LogP contribution is -2.01. The molecule has 2 N–H and O–H groups in total. The van der Waals surface area contributed by atoms with Crippen LogP contribution in [0.5, 0.6) is 23.0 Å². The fraction of sp³-hybridized carbons (Fsp3) is 0.0385. The first-order valence-corrected chi connectivity index (χ1v) is 9.94. The highest BCUT2D eigenvalue weighted by molar-refractivity contribution is 5.40. The number of hydrogen-bond acceptors (Lipinski definition) is 4. The van der Waals surface area contributed by atoms with Gasteiger partial charge in [-0.3, -0.25) is 0 Å². The van der Waals surface area contributed by atoms with E-state index in [1.807, 2.05) is 0 Å². The summed E-state index contributed by atoms with van der Waals surface area (Å²) in [6, 6.07) is 22.4. The Hall–Kier alpha value is -4.35. The van der Waals surface area contributed by atoms with E-state index in [2.05, 4.69) is 0 Å². The molecule has 4 rings (SSSR count). The van der Waals surface area contributed by atoms with Crippen LogP contribution >= 0.6 is 0 Å². The number of nitriles is 1. The van der Waals surface area contributed by atoms with E-state index in [1.54, 1.807) is 66.7 Å². The van der Waals surface area contributed by atoms with E-state index in [0.717, 1.165) is 24.3 Å². The minimum atomic E-state index is -0.806. The topological polar surface area (TPSA) is 68.3 Å². The zero-order valence-corrected chi connectivity index (χ0v) is 17.6. The van der Waals surface area contributed by atoms with Crippen LogP contribution in [0.15, 0.2) is 84.9 Å². The zero-order chi connectivity index (χ0) is 24.5. The SMILES string of the molecule is N#Cc1cc(F)c(Oc2ccccc2)cc1F.NCc1cc(F)c(Oc2ccccc2)cc1F. The molecule has 0 saturated heterocycles. The first-order valence-electron chi connectivity index (χ1n) is 9.94. The molecule has 0 saturated carbocycles. The molecular weight excluding hydrogens is 448 g/mol. The van der Waals surface area contributed by atoms with Gasteiger partial charge in [0.1, 0.15) is 29.2 Å². The third kappa shape index (κ3) is 6.34. The molecule has 0 aliphatic heterocycles. The largest absolute Gasteiger partial charge is 0.454 e. The molecule has 0 aliphatic carbocycles. The van der Waals surface area contributed by atoms with Gasteiger partial charge in [0, 0.05) is 24.2 Å². The molecule has 0 heterocycles. The number of nitrogens with two attached hydrogens (primary N) is 1. The van der Waals surface area contributed by atoms with Gasteiger partial charge in [0.25, 0.3) is 0 Å². The highest BCUT2D eigenvalue weighted by Crippen LogP contribution is 2.27. The van der Waals surface area contributed by atoms with Gasteiger partial charge in [-0.1, -0.05) is 36.4 Å². The van der Waals surface area contributed by atoms with Crippen molar-refractivity contribution in [2.75, 3.05) is 0 Å². The van der Waals surface area contributed by atoms with Crippen LogP contribution in [0.3, 0.4) is 0 Å². The van der Waals surface area contributed by atoms with Gasteiger partial charge in [0.15, 0.2) is 23.1 Å². The fourth-order valence-corrected chi connectivity index (χ4v) is 2.73. The lowest BCUT2D eigenvalue weighted by Gasteiger charge is -2.08. The number of hydrogen-bond donors (Lipinski definition) is 1. The Labute approximate surface area is 193 Å². The number of benzene rings is 4. The van der Waals surface area contributed by atoms with Crippen LogP contribution in [0.1, 0.15) is 11.1 Å². The molecule has 0 aliphatic rings. The summed E-state index contributed by atoms with van der Waals surface area (Å²) in [6.07, 6.45) is 0. The van der Waals surface area contributed by atoms with E-state index < -0.39 is 23.3 Å². The minimum absolute atomic E-state index is 0.0473. The molecule has 0 aromatic heterocycles. The predicted molar refractivity (Wildman–Crippen MR) is 118 cm³/mol. The standard InChI is InChI=1S/C13H11F2NO.C13H7F2NO/c2*14-11-7-13(12(15)6-9(11)8-16)17-10-4-2-1-3-5-10/h1-7H,8,16H2;1-7H. The van der Waals surface area contributed by atoms with Gasteiger partial charge in [-0.2, -0.15) is 5.26 Å². The van der Waals surface area contributed by atoms with E-state index in [-0.39, 0.29) is 29.2 Å². The highest BCUT2D eigenvalue weighted by Gasteiger charge is 2.12. The summed E-state index contributed by atoms with van der Waals surface area (Å²) in [5, 5.41) is 8.53. The average molecular weight is 466 g/mol. The van der Waals surface area contributed by atoms with E-state index in [4.69, 9.17) is 20.5 Å². The first kappa shape index (κ1) is 24.3. The van der Waals surface area contributed by atoms with Crippen molar-refractivity contribution in [3.8, 4) is 29.1 Å². The third-order valence-electron chi connectivity index (χ3n) is 4.40. The molecule has 8 heteroatoms. The maximum Gasteiger partial charge on any atom is 0.167 e. The molecule has 4 aromatic rings. The summed E-state index contributed by atoms with van der Waals surface area (Å²) >= 11 is 0. The van der Waals surface area contributed by atoms with Gasteiger partial charge in [0.2, 0.25) is 0 Å². The first-order chi connectivity index (χ1) is 16.4. The van der Waals surface area contributed by atoms with Crippen molar-refractivity contribution in [3.05, 3.63) is 119 Å². The zero-order valence-electron chi connectivity index (χ0n) is 17.6. The summed E-state index contributed by atoms with van der Waals surface area (Å²) in [7, 11) is 0. The van der Waals surface area contributed by atoms with Crippen LogP contribution in [0, 0.1) is 34.6 Å². The van der Waals surface area contributed by atoms with Crippen LogP contribution in [0.4, 0.5) is 17.6 Å². The van der Waals surface area contributed by atoms with Crippen molar-refractivity contribution in [2.45, 2.75) is 6.54 Å². The molecule has 172 valence electrons. The van der Waals surface area contributed by atoms with Crippen LogP contribution in [-0.2, 0) is 6.54 Å². The monoisotopic (exact) mass is 466 g/mol. The lowest BCUT2D eigenvalue weighted by molar-refractivity contribution is 0.435. The van der Waals surface area contributed by atoms with Crippen molar-refractivity contribution >= 4 is 0 Å². The van der Waals surface area contributed by atoms with E-state index in [1.165, 1.54) is 0 Å². The molecular formula is C26H18F4N2O2. The number of para-hydroxylation sites is 2. The Morgan fingerprint density at radius 2 is 1.12 bits per heavy atom. The van der Waals surface area contributed by atoms with Crippen LogP contribution in [-0.4, -0.2) is 0 Å². The lowest BCUT2D eigenvalue weighted by atomic mass is 10.2. The maximum absolute atomic E-state index is 13.6. The van der Waals surface area contributed by atoms with Gasteiger partial charge in [-0.25, -0.2) is 17.6 Å². The van der Waals surface area contributed by atoms with E-state index in [9.17, 15) is 17.6 Å². The van der Waals surface area contributed by atoms with Crippen molar-refractivity contribution < 1.29 is 27.0 Å². The summed E-state index contributed by atoms with van der Waals surface area (Å²) in [5.41, 5.74) is 5.06. The number of ether oxygens (including phenoxy) is 2. The quantitative estimate of drug-likeness (QED) is 0.327. The second kappa shape index (κ2) is 11.5. The van der Waals surface area contributed by atoms with Crippen molar-refractivity contribution in [2.24, 2.45) is 5.73 Å². The average Bonchev–Trinajstić information content (AvgIpc) is 2.85. The van der Waals surface area contributed by atoms with Crippen molar-refractivity contribution in [1.29, 1.82) is 5.26 Å². The third-order valence-corrected chi connectivity index (χ3v) is 4.40.